The summed E-state index contributed by atoms with van der Waals surface area (Å²) in [4.78, 5) is 13.1. The molecule has 0 bridgehead atoms. The van der Waals surface area contributed by atoms with Crippen LogP contribution in [0.3, 0.4) is 0 Å². The van der Waals surface area contributed by atoms with Gasteiger partial charge in [-0.15, -0.1) is 0 Å². The summed E-state index contributed by atoms with van der Waals surface area (Å²) in [5, 5.41) is 11.9. The predicted molar refractivity (Wildman–Crippen MR) is 58.8 cm³/mol. The third kappa shape index (κ3) is 3.47. The van der Waals surface area contributed by atoms with Gasteiger partial charge < -0.3 is 5.11 Å². The van der Waals surface area contributed by atoms with E-state index in [2.05, 4.69) is 21.9 Å². The van der Waals surface area contributed by atoms with Crippen molar-refractivity contribution < 1.29 is 18.7 Å². The second kappa shape index (κ2) is 6.23. The van der Waals surface area contributed by atoms with Crippen molar-refractivity contribution in [1.29, 1.82) is 0 Å². The lowest BCUT2D eigenvalue weighted by molar-refractivity contribution is 0.0691. The van der Waals surface area contributed by atoms with Gasteiger partial charge in [0, 0.05) is 23.9 Å². The summed E-state index contributed by atoms with van der Waals surface area (Å²) in [5.74, 6) is 1.26. The van der Waals surface area contributed by atoms with E-state index in [-0.39, 0.29) is 18.5 Å². The Hall–Kier alpha value is -2.58. The minimum absolute atomic E-state index is 0.123. The van der Waals surface area contributed by atoms with E-state index in [1.807, 2.05) is 0 Å². The minimum atomic E-state index is -1.50. The van der Waals surface area contributed by atoms with E-state index in [1.165, 1.54) is 0 Å². The Morgan fingerprint density at radius 3 is 2.78 bits per heavy atom. The largest absolute Gasteiger partial charge is 0.478 e. The van der Waals surface area contributed by atoms with Crippen LogP contribution in [0.5, 0.6) is 0 Å². The van der Waals surface area contributed by atoms with E-state index < -0.39 is 23.2 Å². The van der Waals surface area contributed by atoms with Crippen LogP contribution in [0.4, 0.5) is 8.78 Å². The highest BCUT2D eigenvalue weighted by atomic mass is 19.1. The number of halogens is 2. The first-order chi connectivity index (χ1) is 8.56. The molecule has 0 saturated heterocycles. The first kappa shape index (κ1) is 13.5. The van der Waals surface area contributed by atoms with Gasteiger partial charge in [-0.3, -0.25) is 0 Å². The Balaban J connectivity index is 2.98. The highest BCUT2D eigenvalue weighted by Gasteiger charge is 2.13. The molecule has 0 aliphatic heterocycles. The second-order valence-electron chi connectivity index (χ2n) is 3.12. The van der Waals surface area contributed by atoms with E-state index in [1.54, 1.807) is 0 Å². The molecule has 0 radical (unpaired) electrons. The number of benzene rings is 1. The fraction of sp³-hybridized carbons (Fsp3) is 0.182. The van der Waals surface area contributed by atoms with Gasteiger partial charge in [-0.2, -0.15) is 0 Å². The van der Waals surface area contributed by atoms with Crippen LogP contribution in [-0.4, -0.2) is 17.6 Å². The van der Waals surface area contributed by atoms with Gasteiger partial charge in [-0.1, -0.05) is 17.0 Å². The molecule has 0 aliphatic carbocycles. The number of nitrogens with zero attached hydrogens (tertiary/aromatic N) is 3. The van der Waals surface area contributed by atoms with Crippen molar-refractivity contribution >= 4 is 5.97 Å². The van der Waals surface area contributed by atoms with Crippen molar-refractivity contribution in [3.63, 3.8) is 0 Å². The van der Waals surface area contributed by atoms with Crippen molar-refractivity contribution in [2.24, 2.45) is 5.11 Å². The molecule has 7 heteroatoms. The van der Waals surface area contributed by atoms with Crippen molar-refractivity contribution in [2.45, 2.75) is 6.42 Å². The fourth-order valence-corrected chi connectivity index (χ4v) is 1.12. The maximum Gasteiger partial charge on any atom is 0.338 e. The summed E-state index contributed by atoms with van der Waals surface area (Å²) in [5.41, 5.74) is 7.14. The number of carboxylic acid groups (broad SMARTS) is 1. The average Bonchev–Trinajstić information content (AvgIpc) is 2.30. The highest BCUT2D eigenvalue weighted by molar-refractivity contribution is 5.88. The predicted octanol–water partition coefficient (Wildman–Crippen LogP) is 2.71. The van der Waals surface area contributed by atoms with Crippen molar-refractivity contribution in [3.05, 3.63) is 45.3 Å². The zero-order chi connectivity index (χ0) is 13.5. The van der Waals surface area contributed by atoms with E-state index in [4.69, 9.17) is 10.6 Å². The lowest BCUT2D eigenvalue weighted by Crippen LogP contribution is -2.02. The number of aromatic carboxylic acids is 1. The van der Waals surface area contributed by atoms with Crippen molar-refractivity contribution in [2.75, 3.05) is 6.54 Å². The number of hydrogen-bond acceptors (Lipinski definition) is 2. The zero-order valence-electron chi connectivity index (χ0n) is 9.02. The van der Waals surface area contributed by atoms with Gasteiger partial charge in [-0.25, -0.2) is 13.6 Å². The van der Waals surface area contributed by atoms with Crippen LogP contribution in [0.1, 0.15) is 22.3 Å². The fourth-order valence-electron chi connectivity index (χ4n) is 1.12. The topological polar surface area (TPSA) is 86.1 Å². The van der Waals surface area contributed by atoms with Gasteiger partial charge in [-0.05, 0) is 11.6 Å². The first-order valence-corrected chi connectivity index (χ1v) is 4.78. The van der Waals surface area contributed by atoms with E-state index in [9.17, 15) is 13.6 Å². The summed E-state index contributed by atoms with van der Waals surface area (Å²) in [7, 11) is 0. The van der Waals surface area contributed by atoms with Crippen LogP contribution in [0.25, 0.3) is 10.4 Å². The molecule has 0 atom stereocenters. The van der Waals surface area contributed by atoms with Crippen LogP contribution in [0.2, 0.25) is 0 Å². The Morgan fingerprint density at radius 2 is 2.17 bits per heavy atom. The number of hydrogen-bond donors (Lipinski definition) is 1. The molecule has 0 fully saturated rings. The Labute approximate surface area is 101 Å². The van der Waals surface area contributed by atoms with Gasteiger partial charge in [0.25, 0.3) is 0 Å². The number of rotatable bonds is 3. The molecule has 0 unspecified atom stereocenters. The molecule has 1 aromatic carbocycles. The molecule has 5 nitrogen and oxygen atoms in total. The molecule has 1 aromatic rings. The number of carboxylic acids is 1. The van der Waals surface area contributed by atoms with Gasteiger partial charge in [0.15, 0.2) is 0 Å². The van der Waals surface area contributed by atoms with E-state index >= 15 is 0 Å². The molecule has 0 saturated carbocycles. The maximum absolute atomic E-state index is 13.3. The summed E-state index contributed by atoms with van der Waals surface area (Å²) < 4.78 is 26.3. The lowest BCUT2D eigenvalue weighted by Gasteiger charge is -1.99. The second-order valence-corrected chi connectivity index (χ2v) is 3.12. The molecule has 0 aromatic heterocycles. The third-order valence-electron chi connectivity index (χ3n) is 1.91. The Bertz CT molecular complexity index is 584. The summed E-state index contributed by atoms with van der Waals surface area (Å²) >= 11 is 0. The first-order valence-electron chi connectivity index (χ1n) is 4.78. The van der Waals surface area contributed by atoms with Crippen LogP contribution in [0.15, 0.2) is 17.2 Å². The molecular weight excluding hydrogens is 244 g/mol. The maximum atomic E-state index is 13.3. The van der Waals surface area contributed by atoms with Crippen LogP contribution < -0.4 is 0 Å². The monoisotopic (exact) mass is 251 g/mol. The summed E-state index contributed by atoms with van der Waals surface area (Å²) in [6.07, 6.45) is 0.198. The van der Waals surface area contributed by atoms with Crippen molar-refractivity contribution in [3.8, 4) is 11.8 Å². The van der Waals surface area contributed by atoms with Crippen LogP contribution in [0, 0.1) is 23.5 Å². The van der Waals surface area contributed by atoms with E-state index in [0.717, 1.165) is 6.07 Å². The van der Waals surface area contributed by atoms with Crippen LogP contribution >= 0.6 is 0 Å². The molecule has 18 heavy (non-hydrogen) atoms. The molecule has 1 rings (SSSR count). The highest BCUT2D eigenvalue weighted by Crippen LogP contribution is 2.14. The number of azide groups is 1. The zero-order valence-corrected chi connectivity index (χ0v) is 9.02. The third-order valence-corrected chi connectivity index (χ3v) is 1.91. The van der Waals surface area contributed by atoms with Gasteiger partial charge in [0.1, 0.15) is 11.6 Å². The lowest BCUT2D eigenvalue weighted by atomic mass is 10.1. The molecule has 0 aliphatic rings. The van der Waals surface area contributed by atoms with Gasteiger partial charge in [0.05, 0.1) is 11.1 Å². The summed E-state index contributed by atoms with van der Waals surface area (Å²) in [6.45, 7) is 0.123. The molecule has 0 spiro atoms. The molecule has 0 amide bonds. The molecule has 92 valence electrons. The quantitative estimate of drug-likeness (QED) is 0.294. The number of carbonyl (C=O) groups is 1. The minimum Gasteiger partial charge on any atom is -0.478 e. The summed E-state index contributed by atoms with van der Waals surface area (Å²) in [6, 6.07) is 1.30. The van der Waals surface area contributed by atoms with Gasteiger partial charge >= 0.3 is 5.97 Å². The normalized spacial score (nSPS) is 9.00. The molecular formula is C11H7F2N3O2. The standard InChI is InChI=1S/C11H7F2N3O2/c12-9-6-10(13)8(11(17)18)5-7(9)3-1-2-4-15-16-14/h5-6H,2,4H2,(H,17,18). The molecule has 0 heterocycles. The molecule has 1 N–H and O–H groups in total. The van der Waals surface area contributed by atoms with Crippen LogP contribution in [-0.2, 0) is 0 Å². The Kier molecular flexibility index (Phi) is 4.67. The van der Waals surface area contributed by atoms with Crippen molar-refractivity contribution in [1.82, 2.24) is 0 Å². The average molecular weight is 251 g/mol. The van der Waals surface area contributed by atoms with Gasteiger partial charge in [0.2, 0.25) is 0 Å². The smallest absolute Gasteiger partial charge is 0.338 e. The Morgan fingerprint density at radius 1 is 1.44 bits per heavy atom. The van der Waals surface area contributed by atoms with E-state index in [0.29, 0.717) is 6.07 Å². The SMILES string of the molecule is [N-]=[N+]=NCCC#Cc1cc(C(=O)O)c(F)cc1F.